The van der Waals surface area contributed by atoms with Crippen molar-refractivity contribution in [2.24, 2.45) is 5.14 Å². The minimum atomic E-state index is -4.92. The van der Waals surface area contributed by atoms with Crippen LogP contribution >= 0.6 is 0 Å². The molecule has 4 aromatic rings. The van der Waals surface area contributed by atoms with Gasteiger partial charge >= 0.3 is 12.4 Å². The van der Waals surface area contributed by atoms with E-state index in [9.17, 15) is 34.8 Å². The van der Waals surface area contributed by atoms with Crippen molar-refractivity contribution >= 4 is 10.0 Å². The number of rotatable bonds is 4. The van der Waals surface area contributed by atoms with Crippen LogP contribution in [-0.2, 0) is 22.4 Å². The molecule has 0 fully saturated rings. The molecule has 2 aromatic heterocycles. The maximum Gasteiger partial charge on any atom is 0.433 e. The molecule has 0 amide bonds. The number of halogens is 6. The molecule has 0 aliphatic carbocycles. The zero-order valence-electron chi connectivity index (χ0n) is 17.9. The topological polar surface area (TPSA) is 125 Å². The molecule has 4 rings (SSSR count). The molecule has 8 nitrogen and oxygen atoms in total. The summed E-state index contributed by atoms with van der Waals surface area (Å²) >= 11 is 0. The van der Waals surface area contributed by atoms with Crippen LogP contribution in [0.4, 0.5) is 26.3 Å². The third-order valence-electron chi connectivity index (χ3n) is 4.90. The monoisotopic (exact) mass is 529 g/mol. The van der Waals surface area contributed by atoms with Crippen LogP contribution in [0.3, 0.4) is 0 Å². The van der Waals surface area contributed by atoms with E-state index in [-0.39, 0.29) is 33.1 Å². The third-order valence-corrected chi connectivity index (χ3v) is 5.83. The Balaban J connectivity index is 1.77. The standard InChI is InChI=1S/C21H13F6N5O3S/c1-10-8-12(4-7-14(10)20(22,23)24)15-9-16(21(25,26)27)30-18(29-15)19-31-17(32-35-19)11-2-5-13(6-3-11)36(28,33)34/h2-9H,1H3,(H2,28,33,34). The Bertz CT molecular complexity index is 1550. The molecule has 15 heteroatoms. The van der Waals surface area contributed by atoms with Gasteiger partial charge in [0.2, 0.25) is 21.7 Å². The highest BCUT2D eigenvalue weighted by Gasteiger charge is 2.35. The molecule has 0 unspecified atom stereocenters. The lowest BCUT2D eigenvalue weighted by Gasteiger charge is -2.13. The van der Waals surface area contributed by atoms with E-state index in [1.165, 1.54) is 31.2 Å². The van der Waals surface area contributed by atoms with Gasteiger partial charge in [-0.05, 0) is 55.0 Å². The Morgan fingerprint density at radius 3 is 2.00 bits per heavy atom. The van der Waals surface area contributed by atoms with E-state index in [1.807, 2.05) is 0 Å². The van der Waals surface area contributed by atoms with Crippen LogP contribution in [0.1, 0.15) is 16.8 Å². The van der Waals surface area contributed by atoms with E-state index in [4.69, 9.17) is 9.66 Å². The summed E-state index contributed by atoms with van der Waals surface area (Å²) in [6, 6.07) is 8.34. The molecule has 0 aliphatic heterocycles. The van der Waals surface area contributed by atoms with E-state index < -0.39 is 45.3 Å². The van der Waals surface area contributed by atoms with Crippen LogP contribution in [-0.4, -0.2) is 28.5 Å². The lowest BCUT2D eigenvalue weighted by molar-refractivity contribution is -0.141. The zero-order chi connectivity index (χ0) is 26.5. The summed E-state index contributed by atoms with van der Waals surface area (Å²) in [5, 5.41) is 8.68. The molecule has 0 saturated heterocycles. The maximum atomic E-state index is 13.5. The maximum absolute atomic E-state index is 13.5. The molecule has 36 heavy (non-hydrogen) atoms. The summed E-state index contributed by atoms with van der Waals surface area (Å²) in [6.07, 6.45) is -9.55. The zero-order valence-corrected chi connectivity index (χ0v) is 18.7. The average molecular weight is 529 g/mol. The number of sulfonamides is 1. The van der Waals surface area contributed by atoms with Gasteiger partial charge in [0.1, 0.15) is 5.69 Å². The van der Waals surface area contributed by atoms with E-state index in [2.05, 4.69) is 20.1 Å². The molecule has 0 aliphatic rings. The van der Waals surface area contributed by atoms with Crippen molar-refractivity contribution in [3.05, 3.63) is 65.4 Å². The lowest BCUT2D eigenvalue weighted by Crippen LogP contribution is -2.11. The van der Waals surface area contributed by atoms with Crippen LogP contribution in [0.25, 0.3) is 34.4 Å². The normalized spacial score (nSPS) is 12.7. The second kappa shape index (κ2) is 8.67. The van der Waals surface area contributed by atoms with E-state index in [0.717, 1.165) is 18.2 Å². The Labute approximate surface area is 198 Å². The van der Waals surface area contributed by atoms with Gasteiger partial charge in [0.15, 0.2) is 0 Å². The van der Waals surface area contributed by atoms with Gasteiger partial charge in [-0.3, -0.25) is 0 Å². The van der Waals surface area contributed by atoms with Crippen LogP contribution in [0, 0.1) is 6.92 Å². The minimum absolute atomic E-state index is 0.0204. The average Bonchev–Trinajstić information content (AvgIpc) is 3.27. The van der Waals surface area contributed by atoms with Gasteiger partial charge in [-0.15, -0.1) is 0 Å². The molecule has 2 heterocycles. The number of aryl methyl sites for hydroxylation is 1. The van der Waals surface area contributed by atoms with Crippen LogP contribution < -0.4 is 5.14 Å². The first-order valence-electron chi connectivity index (χ1n) is 9.75. The first kappa shape index (κ1) is 25.2. The number of hydrogen-bond donors (Lipinski definition) is 1. The fraction of sp³-hybridized carbons (Fsp3) is 0.143. The summed E-state index contributed by atoms with van der Waals surface area (Å²) in [5.41, 5.74) is -2.61. The number of alkyl halides is 6. The molecule has 188 valence electrons. The van der Waals surface area contributed by atoms with Crippen LogP contribution in [0.15, 0.2) is 57.9 Å². The van der Waals surface area contributed by atoms with Crippen molar-refractivity contribution in [3.8, 4) is 34.4 Å². The van der Waals surface area contributed by atoms with E-state index in [0.29, 0.717) is 6.07 Å². The lowest BCUT2D eigenvalue weighted by atomic mass is 10.0. The second-order valence-corrected chi connectivity index (χ2v) is 9.04. The molecule has 2 N–H and O–H groups in total. The number of hydrogen-bond acceptors (Lipinski definition) is 7. The van der Waals surface area contributed by atoms with Gasteiger partial charge in [0.05, 0.1) is 16.2 Å². The largest absolute Gasteiger partial charge is 0.433 e. The number of benzene rings is 2. The smallest absolute Gasteiger partial charge is 0.330 e. The first-order chi connectivity index (χ1) is 16.6. The van der Waals surface area contributed by atoms with Crippen molar-refractivity contribution in [2.75, 3.05) is 0 Å². The summed E-state index contributed by atoms with van der Waals surface area (Å²) < 4.78 is 108. The van der Waals surface area contributed by atoms with Crippen molar-refractivity contribution in [2.45, 2.75) is 24.2 Å². The molecule has 0 radical (unpaired) electrons. The summed E-state index contributed by atoms with van der Waals surface area (Å²) in [5.74, 6) is -1.23. The van der Waals surface area contributed by atoms with E-state index >= 15 is 0 Å². The molecule has 0 bridgehead atoms. The van der Waals surface area contributed by atoms with Gasteiger partial charge in [-0.25, -0.2) is 23.5 Å². The number of aromatic nitrogens is 4. The molecule has 0 atom stereocenters. The summed E-state index contributed by atoms with van der Waals surface area (Å²) in [6.45, 7) is 1.17. The summed E-state index contributed by atoms with van der Waals surface area (Å²) in [7, 11) is -3.96. The van der Waals surface area contributed by atoms with Gasteiger partial charge < -0.3 is 4.52 Å². The van der Waals surface area contributed by atoms with Gasteiger partial charge in [-0.1, -0.05) is 11.2 Å². The van der Waals surface area contributed by atoms with Crippen molar-refractivity contribution in [1.29, 1.82) is 0 Å². The molecule has 2 aromatic carbocycles. The van der Waals surface area contributed by atoms with Gasteiger partial charge in [0, 0.05) is 11.1 Å². The Hall–Kier alpha value is -3.85. The molecule has 0 saturated carbocycles. The quantitative estimate of drug-likeness (QED) is 0.375. The van der Waals surface area contributed by atoms with Crippen LogP contribution in [0.2, 0.25) is 0 Å². The van der Waals surface area contributed by atoms with Crippen LogP contribution in [0.5, 0.6) is 0 Å². The molecular formula is C21H13F6N5O3S. The van der Waals surface area contributed by atoms with E-state index in [1.54, 1.807) is 0 Å². The Morgan fingerprint density at radius 2 is 1.44 bits per heavy atom. The molecule has 0 spiro atoms. The summed E-state index contributed by atoms with van der Waals surface area (Å²) in [4.78, 5) is 11.2. The number of nitrogens with zero attached hydrogens (tertiary/aromatic N) is 4. The highest BCUT2D eigenvalue weighted by Crippen LogP contribution is 2.36. The molecular weight excluding hydrogens is 516 g/mol. The van der Waals surface area contributed by atoms with Gasteiger partial charge in [-0.2, -0.15) is 31.3 Å². The van der Waals surface area contributed by atoms with Crippen molar-refractivity contribution in [3.63, 3.8) is 0 Å². The van der Waals surface area contributed by atoms with Crippen molar-refractivity contribution in [1.82, 2.24) is 20.1 Å². The highest BCUT2D eigenvalue weighted by molar-refractivity contribution is 7.89. The number of nitrogens with two attached hydrogens (primary N) is 1. The number of primary sulfonamides is 1. The van der Waals surface area contributed by atoms with Crippen molar-refractivity contribution < 1.29 is 39.3 Å². The third kappa shape index (κ3) is 5.21. The minimum Gasteiger partial charge on any atom is -0.330 e. The highest BCUT2D eigenvalue weighted by atomic mass is 32.2. The Morgan fingerprint density at radius 1 is 0.806 bits per heavy atom. The predicted molar refractivity (Wildman–Crippen MR) is 112 cm³/mol. The fourth-order valence-corrected chi connectivity index (χ4v) is 3.72. The fourth-order valence-electron chi connectivity index (χ4n) is 3.20. The first-order valence-corrected chi connectivity index (χ1v) is 11.3. The Kier molecular flexibility index (Phi) is 6.08. The SMILES string of the molecule is Cc1cc(-c2cc(C(F)(F)F)nc(-c3nc(-c4ccc(S(N)(=O)=O)cc4)no3)n2)ccc1C(F)(F)F. The van der Waals surface area contributed by atoms with Gasteiger partial charge in [0.25, 0.3) is 5.89 Å². The second-order valence-electron chi connectivity index (χ2n) is 7.48. The predicted octanol–water partition coefficient (Wildman–Crippen LogP) is 4.85.